The zero-order valence-corrected chi connectivity index (χ0v) is 10.8. The first-order chi connectivity index (χ1) is 7.76. The van der Waals surface area contributed by atoms with Crippen molar-refractivity contribution in [2.24, 2.45) is 0 Å². The van der Waals surface area contributed by atoms with E-state index in [1.54, 1.807) is 0 Å². The topological polar surface area (TPSA) is 15.3 Å². The van der Waals surface area contributed by atoms with Crippen LogP contribution < -0.4 is 5.32 Å². The van der Waals surface area contributed by atoms with E-state index in [1.165, 1.54) is 45.2 Å². The lowest BCUT2D eigenvalue weighted by atomic mass is 9.97. The molecule has 1 saturated carbocycles. The molecule has 2 heteroatoms. The Kier molecular flexibility index (Phi) is 4.04. The number of rotatable bonds is 2. The number of hydrogen-bond acceptors (Lipinski definition) is 2. The molecule has 2 rings (SSSR count). The van der Waals surface area contributed by atoms with Crippen molar-refractivity contribution < 1.29 is 0 Å². The van der Waals surface area contributed by atoms with E-state index in [-0.39, 0.29) is 0 Å². The highest BCUT2D eigenvalue weighted by Crippen LogP contribution is 2.32. The first-order valence-electron chi connectivity index (χ1n) is 6.86. The van der Waals surface area contributed by atoms with Gasteiger partial charge in [0.25, 0.3) is 0 Å². The average molecular weight is 222 g/mol. The molecule has 2 nitrogen and oxygen atoms in total. The third-order valence-electron chi connectivity index (χ3n) is 4.33. The average Bonchev–Trinajstić information content (AvgIpc) is 2.66. The predicted molar refractivity (Wildman–Crippen MR) is 69.7 cm³/mol. The molecule has 92 valence electrons. The van der Waals surface area contributed by atoms with Crippen molar-refractivity contribution in [1.29, 1.82) is 0 Å². The Morgan fingerprint density at radius 2 is 2.12 bits per heavy atom. The normalized spacial score (nSPS) is 31.2. The molecule has 1 spiro atoms. The van der Waals surface area contributed by atoms with Crippen LogP contribution in [0.15, 0.2) is 12.2 Å². The molecule has 1 atom stereocenters. The second-order valence-electron chi connectivity index (χ2n) is 5.55. The van der Waals surface area contributed by atoms with Crippen LogP contribution in [0.4, 0.5) is 0 Å². The van der Waals surface area contributed by atoms with Gasteiger partial charge in [-0.3, -0.25) is 4.90 Å². The molecule has 0 aromatic rings. The van der Waals surface area contributed by atoms with Gasteiger partial charge in [0, 0.05) is 24.7 Å². The van der Waals surface area contributed by atoms with Crippen LogP contribution in [-0.4, -0.2) is 36.1 Å². The fraction of sp³-hybridized carbons (Fsp3) is 0.857. The Labute approximate surface area is 100 Å². The van der Waals surface area contributed by atoms with E-state index in [9.17, 15) is 0 Å². The summed E-state index contributed by atoms with van der Waals surface area (Å²) in [5.41, 5.74) is 0.451. The standard InChI is InChI=1S/C14H26N2/c1-3-4-11-16-12-14(8-5-6-9-14)15-10-7-13(16)2/h3-4,13,15H,5-12H2,1-2H3/b4-3+. The second kappa shape index (κ2) is 5.33. The summed E-state index contributed by atoms with van der Waals surface area (Å²) in [7, 11) is 0. The molecule has 1 heterocycles. The van der Waals surface area contributed by atoms with Crippen LogP contribution in [0.5, 0.6) is 0 Å². The minimum Gasteiger partial charge on any atom is -0.310 e. The van der Waals surface area contributed by atoms with E-state index in [1.807, 2.05) is 0 Å². The van der Waals surface area contributed by atoms with E-state index < -0.39 is 0 Å². The summed E-state index contributed by atoms with van der Waals surface area (Å²) in [6.07, 6.45) is 11.4. The van der Waals surface area contributed by atoms with Crippen LogP contribution in [0.3, 0.4) is 0 Å². The lowest BCUT2D eigenvalue weighted by molar-refractivity contribution is 0.185. The van der Waals surface area contributed by atoms with Crippen molar-refractivity contribution in [3.63, 3.8) is 0 Å². The van der Waals surface area contributed by atoms with Gasteiger partial charge in [0.05, 0.1) is 0 Å². The number of nitrogens with one attached hydrogen (secondary N) is 1. The molecule has 0 aromatic carbocycles. The fourth-order valence-corrected chi connectivity index (χ4v) is 3.20. The third kappa shape index (κ3) is 2.67. The fourth-order valence-electron chi connectivity index (χ4n) is 3.20. The minimum absolute atomic E-state index is 0.451. The summed E-state index contributed by atoms with van der Waals surface area (Å²) >= 11 is 0. The Morgan fingerprint density at radius 1 is 1.38 bits per heavy atom. The van der Waals surface area contributed by atoms with Gasteiger partial charge in [-0.05, 0) is 39.7 Å². The molecular formula is C14H26N2. The molecule has 1 aliphatic carbocycles. The van der Waals surface area contributed by atoms with Crippen molar-refractivity contribution in [2.75, 3.05) is 19.6 Å². The van der Waals surface area contributed by atoms with Crippen molar-refractivity contribution >= 4 is 0 Å². The third-order valence-corrected chi connectivity index (χ3v) is 4.33. The van der Waals surface area contributed by atoms with Gasteiger partial charge in [-0.2, -0.15) is 0 Å². The molecule has 1 saturated heterocycles. The van der Waals surface area contributed by atoms with Gasteiger partial charge in [0.1, 0.15) is 0 Å². The van der Waals surface area contributed by atoms with E-state index in [0.29, 0.717) is 5.54 Å². The van der Waals surface area contributed by atoms with Crippen LogP contribution in [0.1, 0.15) is 46.0 Å². The molecule has 1 N–H and O–H groups in total. The zero-order chi connectivity index (χ0) is 11.4. The molecular weight excluding hydrogens is 196 g/mol. The van der Waals surface area contributed by atoms with Gasteiger partial charge in [0.15, 0.2) is 0 Å². The van der Waals surface area contributed by atoms with Gasteiger partial charge in [-0.15, -0.1) is 0 Å². The predicted octanol–water partition coefficient (Wildman–Crippen LogP) is 2.56. The van der Waals surface area contributed by atoms with E-state index >= 15 is 0 Å². The Morgan fingerprint density at radius 3 is 2.81 bits per heavy atom. The quantitative estimate of drug-likeness (QED) is 0.722. The van der Waals surface area contributed by atoms with Crippen molar-refractivity contribution in [1.82, 2.24) is 10.2 Å². The summed E-state index contributed by atoms with van der Waals surface area (Å²) in [5.74, 6) is 0. The van der Waals surface area contributed by atoms with Crippen molar-refractivity contribution in [2.45, 2.75) is 57.5 Å². The smallest absolute Gasteiger partial charge is 0.0309 e. The van der Waals surface area contributed by atoms with E-state index in [0.717, 1.165) is 12.6 Å². The molecule has 2 aliphatic rings. The first-order valence-corrected chi connectivity index (χ1v) is 6.86. The molecule has 0 aromatic heterocycles. The van der Waals surface area contributed by atoms with E-state index in [4.69, 9.17) is 0 Å². The maximum atomic E-state index is 3.83. The van der Waals surface area contributed by atoms with Crippen LogP contribution >= 0.6 is 0 Å². The van der Waals surface area contributed by atoms with Crippen LogP contribution in [-0.2, 0) is 0 Å². The molecule has 0 amide bonds. The molecule has 0 bridgehead atoms. The zero-order valence-electron chi connectivity index (χ0n) is 10.8. The molecule has 1 unspecified atom stereocenters. The highest BCUT2D eigenvalue weighted by Gasteiger charge is 2.37. The van der Waals surface area contributed by atoms with Gasteiger partial charge < -0.3 is 5.32 Å². The first kappa shape index (κ1) is 12.1. The number of nitrogens with zero attached hydrogens (tertiary/aromatic N) is 1. The minimum atomic E-state index is 0.451. The van der Waals surface area contributed by atoms with Crippen molar-refractivity contribution in [3.8, 4) is 0 Å². The Balaban J connectivity index is 2.03. The summed E-state index contributed by atoms with van der Waals surface area (Å²) in [4.78, 5) is 2.66. The van der Waals surface area contributed by atoms with Gasteiger partial charge in [0.2, 0.25) is 0 Å². The van der Waals surface area contributed by atoms with Gasteiger partial charge in [-0.25, -0.2) is 0 Å². The van der Waals surface area contributed by atoms with Crippen molar-refractivity contribution in [3.05, 3.63) is 12.2 Å². The Bertz CT molecular complexity index is 241. The summed E-state index contributed by atoms with van der Waals surface area (Å²) in [6.45, 7) is 8.07. The monoisotopic (exact) mass is 222 g/mol. The molecule has 0 radical (unpaired) electrons. The summed E-state index contributed by atoms with van der Waals surface area (Å²) in [5, 5.41) is 3.83. The molecule has 1 aliphatic heterocycles. The second-order valence-corrected chi connectivity index (χ2v) is 5.55. The highest BCUT2D eigenvalue weighted by atomic mass is 15.2. The summed E-state index contributed by atoms with van der Waals surface area (Å²) < 4.78 is 0. The molecule has 16 heavy (non-hydrogen) atoms. The highest BCUT2D eigenvalue weighted by molar-refractivity contribution is 4.99. The maximum absolute atomic E-state index is 3.83. The Hall–Kier alpha value is -0.340. The lowest BCUT2D eigenvalue weighted by Crippen LogP contribution is -2.50. The van der Waals surface area contributed by atoms with Crippen LogP contribution in [0.2, 0.25) is 0 Å². The van der Waals surface area contributed by atoms with Crippen LogP contribution in [0.25, 0.3) is 0 Å². The largest absolute Gasteiger partial charge is 0.310 e. The number of allylic oxidation sites excluding steroid dienone is 1. The van der Waals surface area contributed by atoms with E-state index in [2.05, 4.69) is 36.2 Å². The van der Waals surface area contributed by atoms with Gasteiger partial charge >= 0.3 is 0 Å². The maximum Gasteiger partial charge on any atom is 0.0309 e. The lowest BCUT2D eigenvalue weighted by Gasteiger charge is -2.34. The SMILES string of the molecule is C/C=C/CN1CC2(CCCC2)NCCC1C. The summed E-state index contributed by atoms with van der Waals surface area (Å²) in [6, 6.07) is 0.726. The van der Waals surface area contributed by atoms with Crippen LogP contribution in [0, 0.1) is 0 Å². The molecule has 2 fully saturated rings. The van der Waals surface area contributed by atoms with Gasteiger partial charge in [-0.1, -0.05) is 25.0 Å². The number of hydrogen-bond donors (Lipinski definition) is 1.